The molecule has 7 nitrogen and oxygen atoms in total. The van der Waals surface area contributed by atoms with Gasteiger partial charge in [0.15, 0.2) is 5.82 Å². The molecule has 0 bridgehead atoms. The molecule has 1 fully saturated rings. The normalized spacial score (nSPS) is 16.2. The topological polar surface area (TPSA) is 98.6 Å². The highest BCUT2D eigenvalue weighted by Crippen LogP contribution is 2.35. The van der Waals surface area contributed by atoms with Crippen molar-refractivity contribution in [1.29, 1.82) is 0 Å². The van der Waals surface area contributed by atoms with Crippen molar-refractivity contribution < 1.29 is 15.0 Å². The summed E-state index contributed by atoms with van der Waals surface area (Å²) in [4.78, 5) is 10.7. The zero-order valence-electron chi connectivity index (χ0n) is 16.7. The number of phenols is 1. The van der Waals surface area contributed by atoms with E-state index in [0.717, 1.165) is 36.1 Å². The summed E-state index contributed by atoms with van der Waals surface area (Å²) in [6.45, 7) is 1.88. The van der Waals surface area contributed by atoms with Crippen LogP contribution in [0, 0.1) is 12.3 Å². The summed E-state index contributed by atoms with van der Waals surface area (Å²) in [5, 5.41) is 31.7. The summed E-state index contributed by atoms with van der Waals surface area (Å²) in [5.41, 5.74) is 1.91. The summed E-state index contributed by atoms with van der Waals surface area (Å²) < 4.78 is 0. The van der Waals surface area contributed by atoms with Crippen molar-refractivity contribution in [3.05, 3.63) is 48.0 Å². The highest BCUT2D eigenvalue weighted by molar-refractivity contribution is 6.00. The summed E-state index contributed by atoms with van der Waals surface area (Å²) in [5.74, 6) is 3.43. The fourth-order valence-corrected chi connectivity index (χ4v) is 3.71. The first kappa shape index (κ1) is 21.1. The number of hydrogen-bond acceptors (Lipinski definition) is 6. The Bertz CT molecular complexity index is 1080. The molecule has 1 aliphatic rings. The number of piperidine rings is 1. The summed E-state index contributed by atoms with van der Waals surface area (Å²) in [6.07, 6.45) is 7.71. The lowest BCUT2D eigenvalue weighted by molar-refractivity contribution is -0.122. The molecule has 1 unspecified atom stereocenters. The molecule has 3 aromatic rings. The minimum Gasteiger partial charge on any atom is -0.507 e. The van der Waals surface area contributed by atoms with Crippen LogP contribution in [0.3, 0.4) is 0 Å². The van der Waals surface area contributed by atoms with Crippen LogP contribution in [-0.2, 0) is 4.79 Å². The summed E-state index contributed by atoms with van der Waals surface area (Å²) in [6, 6.07) is 13.5. The number of benzene rings is 2. The van der Waals surface area contributed by atoms with Crippen LogP contribution in [0.2, 0.25) is 0 Å². The predicted octanol–water partition coefficient (Wildman–Crippen LogP) is 3.19. The lowest BCUT2D eigenvalue weighted by Crippen LogP contribution is -2.40. The molecule has 3 N–H and O–H groups in total. The zero-order chi connectivity index (χ0) is 21.5. The number of phenolic OH excluding ortho intramolecular Hbond substituents is 1. The molecule has 0 saturated carbocycles. The summed E-state index contributed by atoms with van der Waals surface area (Å²) in [7, 11) is 2.14. The number of aromatic hydroxyl groups is 1. The van der Waals surface area contributed by atoms with Crippen molar-refractivity contribution in [2.24, 2.45) is 0 Å². The van der Waals surface area contributed by atoms with Crippen molar-refractivity contribution in [3.63, 3.8) is 0 Å². The van der Waals surface area contributed by atoms with E-state index in [9.17, 15) is 5.11 Å². The quantitative estimate of drug-likeness (QED) is 0.455. The van der Waals surface area contributed by atoms with Crippen LogP contribution in [0.5, 0.6) is 5.75 Å². The predicted molar refractivity (Wildman–Crippen MR) is 117 cm³/mol. The minimum atomic E-state index is -0.250. The third-order valence-corrected chi connectivity index (χ3v) is 5.07. The van der Waals surface area contributed by atoms with Crippen LogP contribution in [0.15, 0.2) is 42.5 Å². The molecule has 2 heterocycles. The molecule has 1 aromatic heterocycles. The molecule has 0 aliphatic carbocycles. The average Bonchev–Trinajstić information content (AvgIpc) is 2.75. The van der Waals surface area contributed by atoms with Gasteiger partial charge in [0, 0.05) is 34.5 Å². The number of hydrogen-bond donors (Lipinski definition) is 3. The van der Waals surface area contributed by atoms with Crippen LogP contribution in [-0.4, -0.2) is 58.0 Å². The third-order valence-electron chi connectivity index (χ3n) is 5.07. The van der Waals surface area contributed by atoms with Crippen molar-refractivity contribution >= 4 is 23.1 Å². The van der Waals surface area contributed by atoms with Crippen molar-refractivity contribution in [3.8, 4) is 29.4 Å². The zero-order valence-corrected chi connectivity index (χ0v) is 16.7. The number of carbonyl (C=O) groups is 1. The van der Waals surface area contributed by atoms with Crippen LogP contribution < -0.4 is 5.32 Å². The Morgan fingerprint density at radius 1 is 1.23 bits per heavy atom. The van der Waals surface area contributed by atoms with Gasteiger partial charge >= 0.3 is 0 Å². The molecule has 2 aromatic carbocycles. The molecule has 0 radical (unpaired) electrons. The van der Waals surface area contributed by atoms with E-state index in [-0.39, 0.29) is 12.2 Å². The second kappa shape index (κ2) is 9.72. The first-order valence-electron chi connectivity index (χ1n) is 9.65. The number of aromatic nitrogens is 2. The molecule has 0 spiro atoms. The lowest BCUT2D eigenvalue weighted by Gasteiger charge is -2.30. The maximum Gasteiger partial charge on any atom is 0.290 e. The second-order valence-electron chi connectivity index (χ2n) is 7.17. The first-order chi connectivity index (χ1) is 14.6. The van der Waals surface area contributed by atoms with E-state index in [1.54, 1.807) is 18.2 Å². The lowest BCUT2D eigenvalue weighted by atomic mass is 10.0. The highest BCUT2D eigenvalue weighted by atomic mass is 16.3. The monoisotopic (exact) mass is 404 g/mol. The Morgan fingerprint density at radius 3 is 2.63 bits per heavy atom. The largest absolute Gasteiger partial charge is 0.507 e. The molecule has 30 heavy (non-hydrogen) atoms. The second-order valence-corrected chi connectivity index (χ2v) is 7.17. The van der Waals surface area contributed by atoms with E-state index in [2.05, 4.69) is 33.4 Å². The van der Waals surface area contributed by atoms with Gasteiger partial charge in [-0.2, -0.15) is 0 Å². The van der Waals surface area contributed by atoms with E-state index < -0.39 is 0 Å². The highest BCUT2D eigenvalue weighted by Gasteiger charge is 2.20. The van der Waals surface area contributed by atoms with Gasteiger partial charge in [0.2, 0.25) is 0 Å². The van der Waals surface area contributed by atoms with E-state index in [1.165, 1.54) is 6.42 Å². The van der Waals surface area contributed by atoms with Crippen molar-refractivity contribution in [2.45, 2.75) is 18.9 Å². The number of nitrogens with zero attached hydrogens (tertiary/aromatic N) is 3. The molecule has 0 amide bonds. The van der Waals surface area contributed by atoms with E-state index >= 15 is 0 Å². The number of likely N-dealkylation sites (N-methyl/N-ethyl adjacent to an activating group) is 1. The molecule has 7 heteroatoms. The Kier molecular flexibility index (Phi) is 6.83. The Hall–Kier alpha value is -3.63. The number of anilines is 1. The maximum absolute atomic E-state index is 10.4. The van der Waals surface area contributed by atoms with Gasteiger partial charge in [-0.05, 0) is 44.6 Å². The molecule has 1 atom stereocenters. The minimum absolute atomic E-state index is 0.111. The number of rotatable bonds is 3. The smallest absolute Gasteiger partial charge is 0.290 e. The van der Waals surface area contributed by atoms with Crippen molar-refractivity contribution in [1.82, 2.24) is 15.1 Å². The van der Waals surface area contributed by atoms with Gasteiger partial charge in [-0.3, -0.25) is 4.79 Å². The van der Waals surface area contributed by atoms with Crippen LogP contribution >= 0.6 is 0 Å². The molecule has 4 rings (SSSR count). The Morgan fingerprint density at radius 2 is 1.97 bits per heavy atom. The van der Waals surface area contributed by atoms with Gasteiger partial charge in [0.05, 0.1) is 0 Å². The number of terminal acetylenes is 1. The van der Waals surface area contributed by atoms with Gasteiger partial charge in [-0.15, -0.1) is 16.6 Å². The standard InChI is InChI=1S/C22H22N4O.CH2O2/c1-3-15-10-11-19(20(27)13-15)21-17-8-4-5-9-18(17)22(25-24-21)23-16-7-6-12-26(2)14-16;2-1-3/h1,4-5,8-11,13,16,27H,6-7,12,14H2,2H3,(H,23,25);1H,(H,2,3). The van der Waals surface area contributed by atoms with E-state index in [4.69, 9.17) is 16.3 Å². The Labute approximate surface area is 175 Å². The van der Waals surface area contributed by atoms with Crippen LogP contribution in [0.25, 0.3) is 22.0 Å². The van der Waals surface area contributed by atoms with Crippen molar-refractivity contribution in [2.75, 3.05) is 25.5 Å². The van der Waals surface area contributed by atoms with E-state index in [1.807, 2.05) is 24.3 Å². The van der Waals surface area contributed by atoms with Gasteiger partial charge in [0.1, 0.15) is 11.4 Å². The Balaban J connectivity index is 0.000000806. The SMILES string of the molecule is C#Cc1ccc(-c2nnc(NC3CCCN(C)C3)c3ccccc23)c(O)c1.O=CO. The molecular weight excluding hydrogens is 380 g/mol. The van der Waals surface area contributed by atoms with Gasteiger partial charge in [0.25, 0.3) is 6.47 Å². The van der Waals surface area contributed by atoms with Gasteiger partial charge in [-0.25, -0.2) is 0 Å². The third kappa shape index (κ3) is 4.67. The maximum atomic E-state index is 10.4. The molecule has 154 valence electrons. The fourth-order valence-electron chi connectivity index (χ4n) is 3.71. The van der Waals surface area contributed by atoms with Crippen LogP contribution in [0.1, 0.15) is 18.4 Å². The number of likely N-dealkylation sites (tertiary alicyclic amines) is 1. The number of fused-ring (bicyclic) bond motifs is 1. The van der Waals surface area contributed by atoms with Gasteiger partial charge in [-0.1, -0.05) is 30.2 Å². The molecular formula is C23H24N4O3. The molecule has 1 saturated heterocycles. The van der Waals surface area contributed by atoms with Crippen LogP contribution in [0.4, 0.5) is 5.82 Å². The number of carboxylic acid groups (broad SMARTS) is 1. The molecule has 1 aliphatic heterocycles. The number of nitrogens with one attached hydrogen (secondary N) is 1. The average molecular weight is 404 g/mol. The summed E-state index contributed by atoms with van der Waals surface area (Å²) >= 11 is 0. The first-order valence-corrected chi connectivity index (χ1v) is 9.65. The van der Waals surface area contributed by atoms with Gasteiger partial charge < -0.3 is 20.4 Å². The fraction of sp³-hybridized carbons (Fsp3) is 0.261. The van der Waals surface area contributed by atoms with E-state index in [0.29, 0.717) is 22.9 Å².